The van der Waals surface area contributed by atoms with Crippen LogP contribution in [0.5, 0.6) is 0 Å². The fourth-order valence-electron chi connectivity index (χ4n) is 2.30. The van der Waals surface area contributed by atoms with Crippen LogP contribution in [0, 0.1) is 12.8 Å². The van der Waals surface area contributed by atoms with Crippen LogP contribution in [-0.4, -0.2) is 22.0 Å². The molecule has 0 unspecified atom stereocenters. The molecular weight excluding hydrogens is 270 g/mol. The minimum atomic E-state index is 0.00303. The first-order chi connectivity index (χ1) is 9.74. The lowest BCUT2D eigenvalue weighted by atomic mass is 10.3. The second-order valence-corrected chi connectivity index (χ2v) is 6.17. The number of nitrogens with one attached hydrogen (secondary N) is 1. The molecule has 3 rings (SSSR count). The van der Waals surface area contributed by atoms with Crippen molar-refractivity contribution in [3.05, 3.63) is 40.1 Å². The van der Waals surface area contributed by atoms with Crippen molar-refractivity contribution in [3.8, 4) is 0 Å². The molecule has 0 saturated heterocycles. The van der Waals surface area contributed by atoms with Gasteiger partial charge in [0, 0.05) is 42.3 Å². The summed E-state index contributed by atoms with van der Waals surface area (Å²) in [5.74, 6) is 1.92. The van der Waals surface area contributed by atoms with Gasteiger partial charge in [0.2, 0.25) is 0 Å². The lowest BCUT2D eigenvalue weighted by Crippen LogP contribution is -2.26. The summed E-state index contributed by atoms with van der Waals surface area (Å²) in [4.78, 5) is 16.3. The van der Waals surface area contributed by atoms with E-state index in [0.717, 1.165) is 30.3 Å². The van der Waals surface area contributed by atoms with E-state index in [1.807, 2.05) is 23.0 Å². The predicted molar refractivity (Wildman–Crippen MR) is 80.0 cm³/mol. The third kappa shape index (κ3) is 3.10. The highest BCUT2D eigenvalue weighted by molar-refractivity contribution is 7.08. The van der Waals surface area contributed by atoms with Crippen molar-refractivity contribution < 1.29 is 4.79 Å². The fourth-order valence-corrected chi connectivity index (χ4v) is 2.94. The Morgan fingerprint density at radius 2 is 2.40 bits per heavy atom. The van der Waals surface area contributed by atoms with Gasteiger partial charge in [0.05, 0.1) is 0 Å². The highest BCUT2D eigenvalue weighted by atomic mass is 32.1. The molecule has 1 saturated carbocycles. The van der Waals surface area contributed by atoms with Crippen molar-refractivity contribution in [2.45, 2.75) is 32.7 Å². The van der Waals surface area contributed by atoms with E-state index in [0.29, 0.717) is 6.54 Å². The molecule has 1 N–H and O–H groups in total. The first-order valence-electron chi connectivity index (χ1n) is 7.05. The summed E-state index contributed by atoms with van der Waals surface area (Å²) in [6.45, 7) is 3.82. The van der Waals surface area contributed by atoms with Gasteiger partial charge in [-0.2, -0.15) is 11.3 Å². The van der Waals surface area contributed by atoms with Gasteiger partial charge >= 0.3 is 0 Å². The third-order valence-corrected chi connectivity index (χ3v) is 4.38. The third-order valence-electron chi connectivity index (χ3n) is 3.69. The Morgan fingerprint density at radius 1 is 1.55 bits per heavy atom. The lowest BCUT2D eigenvalue weighted by molar-refractivity contribution is 0.0954. The number of aryl methyl sites for hydroxylation is 1. The van der Waals surface area contributed by atoms with E-state index in [1.165, 1.54) is 18.5 Å². The zero-order valence-corrected chi connectivity index (χ0v) is 12.4. The average Bonchev–Trinajstić information content (AvgIpc) is 2.96. The molecule has 0 atom stereocenters. The number of rotatable bonds is 6. The molecule has 0 bridgehead atoms. The Hall–Kier alpha value is -1.62. The number of aromatic nitrogens is 2. The molecule has 0 aromatic carbocycles. The van der Waals surface area contributed by atoms with Gasteiger partial charge in [-0.05, 0) is 37.1 Å². The number of thiophene rings is 1. The number of hydrogen-bond donors (Lipinski definition) is 1. The summed E-state index contributed by atoms with van der Waals surface area (Å²) < 4.78 is 2.30. The molecule has 4 nitrogen and oxygen atoms in total. The number of imidazole rings is 1. The summed E-state index contributed by atoms with van der Waals surface area (Å²) in [6, 6.07) is 1.85. The zero-order chi connectivity index (χ0) is 13.9. The van der Waals surface area contributed by atoms with Crippen LogP contribution < -0.4 is 5.32 Å². The van der Waals surface area contributed by atoms with Crippen LogP contribution >= 0.6 is 11.3 Å². The quantitative estimate of drug-likeness (QED) is 0.888. The van der Waals surface area contributed by atoms with E-state index >= 15 is 0 Å². The monoisotopic (exact) mass is 289 g/mol. The Bertz CT molecular complexity index is 584. The topological polar surface area (TPSA) is 46.9 Å². The smallest absolute Gasteiger partial charge is 0.252 e. The van der Waals surface area contributed by atoms with Crippen LogP contribution in [0.1, 0.15) is 34.7 Å². The maximum absolute atomic E-state index is 11.8. The standard InChI is InChI=1S/C15H19N3OS/c1-11-8-17-14(18(11)9-12-2-3-12)4-6-16-15(19)13-5-7-20-10-13/h5,7-8,10,12H,2-4,6,9H2,1H3,(H,16,19). The Labute approximate surface area is 122 Å². The van der Waals surface area contributed by atoms with Gasteiger partial charge < -0.3 is 9.88 Å². The minimum absolute atomic E-state index is 0.00303. The van der Waals surface area contributed by atoms with Crippen LogP contribution in [0.2, 0.25) is 0 Å². The van der Waals surface area contributed by atoms with Crippen molar-refractivity contribution >= 4 is 17.2 Å². The second-order valence-electron chi connectivity index (χ2n) is 5.39. The van der Waals surface area contributed by atoms with Crippen molar-refractivity contribution in [1.82, 2.24) is 14.9 Å². The highest BCUT2D eigenvalue weighted by Crippen LogP contribution is 2.31. The zero-order valence-electron chi connectivity index (χ0n) is 11.6. The molecular formula is C15H19N3OS. The molecule has 5 heteroatoms. The van der Waals surface area contributed by atoms with Gasteiger partial charge in [0.1, 0.15) is 5.82 Å². The minimum Gasteiger partial charge on any atom is -0.352 e. The fraction of sp³-hybridized carbons (Fsp3) is 0.467. The van der Waals surface area contributed by atoms with Gasteiger partial charge in [0.25, 0.3) is 5.91 Å². The van der Waals surface area contributed by atoms with Gasteiger partial charge in [0.15, 0.2) is 0 Å². The van der Waals surface area contributed by atoms with Crippen molar-refractivity contribution in [1.29, 1.82) is 0 Å². The number of carbonyl (C=O) groups excluding carboxylic acids is 1. The van der Waals surface area contributed by atoms with Crippen molar-refractivity contribution in [2.24, 2.45) is 5.92 Å². The first-order valence-corrected chi connectivity index (χ1v) is 7.99. The Balaban J connectivity index is 1.54. The normalized spacial score (nSPS) is 14.4. The van der Waals surface area contributed by atoms with E-state index in [1.54, 1.807) is 11.3 Å². The molecule has 2 heterocycles. The van der Waals surface area contributed by atoms with Crippen LogP contribution in [-0.2, 0) is 13.0 Å². The molecule has 0 aliphatic heterocycles. The van der Waals surface area contributed by atoms with E-state index in [9.17, 15) is 4.79 Å². The molecule has 2 aromatic rings. The Morgan fingerprint density at radius 3 is 3.10 bits per heavy atom. The van der Waals surface area contributed by atoms with Crippen molar-refractivity contribution in [3.63, 3.8) is 0 Å². The van der Waals surface area contributed by atoms with Crippen LogP contribution in [0.4, 0.5) is 0 Å². The highest BCUT2D eigenvalue weighted by Gasteiger charge is 2.23. The Kier molecular flexibility index (Phi) is 3.87. The average molecular weight is 289 g/mol. The number of hydrogen-bond acceptors (Lipinski definition) is 3. The summed E-state index contributed by atoms with van der Waals surface area (Å²) in [6.07, 6.45) is 5.40. The molecule has 1 fully saturated rings. The maximum atomic E-state index is 11.8. The van der Waals surface area contributed by atoms with E-state index in [-0.39, 0.29) is 5.91 Å². The molecule has 1 amide bonds. The van der Waals surface area contributed by atoms with Gasteiger partial charge in [-0.15, -0.1) is 0 Å². The van der Waals surface area contributed by atoms with E-state index in [4.69, 9.17) is 0 Å². The summed E-state index contributed by atoms with van der Waals surface area (Å²) in [5.41, 5.74) is 1.96. The van der Waals surface area contributed by atoms with E-state index in [2.05, 4.69) is 21.8 Å². The number of nitrogens with zero attached hydrogens (tertiary/aromatic N) is 2. The molecule has 2 aromatic heterocycles. The molecule has 1 aliphatic carbocycles. The van der Waals surface area contributed by atoms with Gasteiger partial charge in [-0.25, -0.2) is 4.98 Å². The summed E-state index contributed by atoms with van der Waals surface area (Å²) in [5, 5.41) is 6.74. The second kappa shape index (κ2) is 5.79. The largest absolute Gasteiger partial charge is 0.352 e. The van der Waals surface area contributed by atoms with Gasteiger partial charge in [-0.1, -0.05) is 0 Å². The summed E-state index contributed by atoms with van der Waals surface area (Å²) in [7, 11) is 0. The number of amides is 1. The van der Waals surface area contributed by atoms with Crippen LogP contribution in [0.15, 0.2) is 23.0 Å². The van der Waals surface area contributed by atoms with Crippen molar-refractivity contribution in [2.75, 3.05) is 6.54 Å². The van der Waals surface area contributed by atoms with E-state index < -0.39 is 0 Å². The number of carbonyl (C=O) groups is 1. The van der Waals surface area contributed by atoms with Crippen LogP contribution in [0.3, 0.4) is 0 Å². The van der Waals surface area contributed by atoms with Gasteiger partial charge in [-0.3, -0.25) is 4.79 Å². The van der Waals surface area contributed by atoms with Crippen LogP contribution in [0.25, 0.3) is 0 Å². The molecule has 106 valence electrons. The predicted octanol–water partition coefficient (Wildman–Crippen LogP) is 2.64. The lowest BCUT2D eigenvalue weighted by Gasteiger charge is -2.09. The molecule has 1 aliphatic rings. The maximum Gasteiger partial charge on any atom is 0.252 e. The molecule has 0 spiro atoms. The SMILES string of the molecule is Cc1cnc(CCNC(=O)c2ccsc2)n1CC1CC1. The molecule has 0 radical (unpaired) electrons. The summed E-state index contributed by atoms with van der Waals surface area (Å²) >= 11 is 1.54. The molecule has 20 heavy (non-hydrogen) atoms. The first kappa shape index (κ1) is 13.4.